The summed E-state index contributed by atoms with van der Waals surface area (Å²) >= 11 is 0. The first-order valence-corrected chi connectivity index (χ1v) is 13.2. The van der Waals surface area contributed by atoms with Crippen molar-refractivity contribution in [3.8, 4) is 0 Å². The van der Waals surface area contributed by atoms with Crippen LogP contribution in [0.4, 0.5) is 0 Å². The lowest BCUT2D eigenvalue weighted by Gasteiger charge is -2.46. The summed E-state index contributed by atoms with van der Waals surface area (Å²) < 4.78 is 3.19. The molecular formula is C19H35NSi. The van der Waals surface area contributed by atoms with E-state index < -0.39 is 8.24 Å². The standard InChI is InChI=1S/C19H35NSi/c1-13-14-9-5-6-10-15(14)19-18(13)16-11-7-8-12-17(16)20(19)21(2,3)4/h13-19H,5-12H2,1-4H3. The summed E-state index contributed by atoms with van der Waals surface area (Å²) in [5.74, 6) is 5.30. The average Bonchev–Trinajstić information content (AvgIpc) is 2.93. The molecule has 1 heterocycles. The van der Waals surface area contributed by atoms with E-state index in [9.17, 15) is 0 Å². The van der Waals surface area contributed by atoms with Gasteiger partial charge in [0, 0.05) is 12.1 Å². The van der Waals surface area contributed by atoms with Crippen molar-refractivity contribution in [3.05, 3.63) is 0 Å². The molecule has 0 spiro atoms. The SMILES string of the molecule is CC1C2CCCCC2C2C1C1CCCCC1N2[Si](C)(C)C. The van der Waals surface area contributed by atoms with Gasteiger partial charge < -0.3 is 4.57 Å². The van der Waals surface area contributed by atoms with Crippen molar-refractivity contribution in [2.75, 3.05) is 0 Å². The predicted molar refractivity (Wildman–Crippen MR) is 92.8 cm³/mol. The molecule has 0 aromatic rings. The minimum Gasteiger partial charge on any atom is -0.318 e. The average molecular weight is 306 g/mol. The molecule has 1 saturated heterocycles. The molecule has 4 aliphatic rings. The lowest BCUT2D eigenvalue weighted by molar-refractivity contribution is 0.135. The third-order valence-electron chi connectivity index (χ3n) is 7.72. The van der Waals surface area contributed by atoms with Crippen molar-refractivity contribution < 1.29 is 0 Å². The van der Waals surface area contributed by atoms with Crippen molar-refractivity contribution in [2.45, 2.75) is 90.0 Å². The summed E-state index contributed by atoms with van der Waals surface area (Å²) in [6.07, 6.45) is 12.2. The van der Waals surface area contributed by atoms with E-state index in [4.69, 9.17) is 0 Å². The minimum absolute atomic E-state index is 0.978. The summed E-state index contributed by atoms with van der Waals surface area (Å²) in [5, 5.41) is 0. The van der Waals surface area contributed by atoms with Gasteiger partial charge in [0.25, 0.3) is 0 Å². The minimum atomic E-state index is -1.19. The van der Waals surface area contributed by atoms with Gasteiger partial charge in [-0.05, 0) is 55.3 Å². The largest absolute Gasteiger partial charge is 0.318 e. The molecule has 0 aromatic carbocycles. The Morgan fingerprint density at radius 1 is 0.762 bits per heavy atom. The Balaban J connectivity index is 1.73. The van der Waals surface area contributed by atoms with Gasteiger partial charge in [-0.2, -0.15) is 0 Å². The van der Waals surface area contributed by atoms with E-state index in [2.05, 4.69) is 31.1 Å². The van der Waals surface area contributed by atoms with Crippen molar-refractivity contribution in [1.29, 1.82) is 0 Å². The normalized spacial score (nSPS) is 50.6. The molecule has 7 unspecified atom stereocenters. The van der Waals surface area contributed by atoms with Crippen LogP contribution in [0.2, 0.25) is 19.6 Å². The van der Waals surface area contributed by atoms with Gasteiger partial charge in [-0.15, -0.1) is 0 Å². The molecule has 0 amide bonds. The van der Waals surface area contributed by atoms with Gasteiger partial charge >= 0.3 is 0 Å². The number of hydrogen-bond acceptors (Lipinski definition) is 1. The molecule has 120 valence electrons. The summed E-state index contributed by atoms with van der Waals surface area (Å²) in [7, 11) is -1.19. The molecular weight excluding hydrogens is 270 g/mol. The number of rotatable bonds is 1. The lowest BCUT2D eigenvalue weighted by Crippen LogP contribution is -2.56. The van der Waals surface area contributed by atoms with Gasteiger partial charge in [0.1, 0.15) is 8.24 Å². The van der Waals surface area contributed by atoms with Crippen molar-refractivity contribution in [2.24, 2.45) is 29.6 Å². The van der Waals surface area contributed by atoms with Crippen LogP contribution in [0.3, 0.4) is 0 Å². The second-order valence-electron chi connectivity index (χ2n) is 9.63. The third-order valence-corrected chi connectivity index (χ3v) is 9.90. The van der Waals surface area contributed by atoms with Gasteiger partial charge in [-0.25, -0.2) is 0 Å². The molecule has 0 radical (unpaired) electrons. The Kier molecular flexibility index (Phi) is 3.58. The quantitative estimate of drug-likeness (QED) is 0.607. The number of hydrogen-bond donors (Lipinski definition) is 0. The Labute approximate surface area is 133 Å². The molecule has 1 nitrogen and oxygen atoms in total. The molecule has 0 bridgehead atoms. The van der Waals surface area contributed by atoms with Gasteiger partial charge in [0.05, 0.1) is 0 Å². The van der Waals surface area contributed by atoms with E-state index >= 15 is 0 Å². The van der Waals surface area contributed by atoms with Crippen LogP contribution in [0, 0.1) is 29.6 Å². The lowest BCUT2D eigenvalue weighted by atomic mass is 9.73. The molecule has 1 aliphatic heterocycles. The van der Waals surface area contributed by atoms with Crippen LogP contribution in [0.25, 0.3) is 0 Å². The number of fused-ring (bicyclic) bond motifs is 5. The molecule has 4 rings (SSSR count). The second kappa shape index (κ2) is 5.09. The van der Waals surface area contributed by atoms with E-state index in [1.807, 2.05) is 0 Å². The fourth-order valence-corrected chi connectivity index (χ4v) is 9.86. The second-order valence-corrected chi connectivity index (χ2v) is 14.5. The zero-order valence-electron chi connectivity index (χ0n) is 14.6. The highest BCUT2D eigenvalue weighted by Gasteiger charge is 2.62. The fraction of sp³-hybridized carbons (Fsp3) is 1.00. The first-order valence-electron chi connectivity index (χ1n) is 9.78. The maximum absolute atomic E-state index is 3.19. The Hall–Kier alpha value is 0.177. The number of nitrogens with zero attached hydrogens (tertiary/aromatic N) is 1. The van der Waals surface area contributed by atoms with Gasteiger partial charge in [-0.3, -0.25) is 0 Å². The van der Waals surface area contributed by atoms with Crippen molar-refractivity contribution in [3.63, 3.8) is 0 Å². The maximum atomic E-state index is 3.19. The first kappa shape index (κ1) is 14.7. The zero-order valence-corrected chi connectivity index (χ0v) is 15.6. The van der Waals surface area contributed by atoms with Crippen LogP contribution in [0.5, 0.6) is 0 Å². The van der Waals surface area contributed by atoms with E-state index in [0.29, 0.717) is 0 Å². The van der Waals surface area contributed by atoms with Crippen molar-refractivity contribution >= 4 is 8.24 Å². The first-order chi connectivity index (χ1) is 10.00. The zero-order chi connectivity index (χ0) is 14.8. The molecule has 2 heteroatoms. The highest BCUT2D eigenvalue weighted by Crippen LogP contribution is 2.61. The molecule has 3 saturated carbocycles. The van der Waals surface area contributed by atoms with Crippen LogP contribution < -0.4 is 0 Å². The van der Waals surface area contributed by atoms with E-state index in [1.54, 1.807) is 19.3 Å². The van der Waals surface area contributed by atoms with Crippen LogP contribution >= 0.6 is 0 Å². The Morgan fingerprint density at radius 2 is 1.33 bits per heavy atom. The van der Waals surface area contributed by atoms with Gasteiger partial charge in [-0.1, -0.05) is 52.2 Å². The van der Waals surface area contributed by atoms with Crippen LogP contribution in [0.15, 0.2) is 0 Å². The predicted octanol–water partition coefficient (Wildman–Crippen LogP) is 5.14. The van der Waals surface area contributed by atoms with Gasteiger partial charge in [0.15, 0.2) is 0 Å². The molecule has 3 aliphatic carbocycles. The Bertz CT molecular complexity index is 399. The van der Waals surface area contributed by atoms with Crippen molar-refractivity contribution in [1.82, 2.24) is 4.57 Å². The molecule has 0 N–H and O–H groups in total. The summed E-state index contributed by atoms with van der Waals surface area (Å²) in [5.41, 5.74) is 0. The third kappa shape index (κ3) is 2.11. The highest BCUT2D eigenvalue weighted by molar-refractivity contribution is 6.73. The fourth-order valence-electron chi connectivity index (χ4n) is 7.28. The van der Waals surface area contributed by atoms with E-state index in [-0.39, 0.29) is 0 Å². The Morgan fingerprint density at radius 3 is 2.00 bits per heavy atom. The summed E-state index contributed by atoms with van der Waals surface area (Å²) in [6.45, 7) is 10.5. The highest BCUT2D eigenvalue weighted by atomic mass is 28.3. The smallest absolute Gasteiger partial charge is 0.119 e. The molecule has 21 heavy (non-hydrogen) atoms. The van der Waals surface area contributed by atoms with Crippen LogP contribution in [-0.4, -0.2) is 24.9 Å². The summed E-state index contributed by atoms with van der Waals surface area (Å²) in [6, 6.07) is 1.97. The molecule has 4 fully saturated rings. The van der Waals surface area contributed by atoms with E-state index in [0.717, 1.165) is 41.7 Å². The van der Waals surface area contributed by atoms with Gasteiger partial charge in [0.2, 0.25) is 0 Å². The monoisotopic (exact) mass is 305 g/mol. The van der Waals surface area contributed by atoms with E-state index in [1.165, 1.54) is 32.1 Å². The van der Waals surface area contributed by atoms with Crippen LogP contribution in [-0.2, 0) is 0 Å². The topological polar surface area (TPSA) is 3.24 Å². The maximum Gasteiger partial charge on any atom is 0.119 e. The van der Waals surface area contributed by atoms with Crippen LogP contribution in [0.1, 0.15) is 58.3 Å². The molecule has 7 atom stereocenters. The summed E-state index contributed by atoms with van der Waals surface area (Å²) in [4.78, 5) is 0. The molecule has 0 aromatic heterocycles.